The standard InChI is InChI=1S/C29H33N5O4/c35-27-10-4-14-34(27)15-6-13-30-28(36)22-11-12-25(24(21-22)31-29(37)26-9-5-20-38-26)33-18-16-32(17-19-33)23-7-2-1-3-8-23/h1-3,5,7-9,11-12,20-21H,4,6,10,13-19H2,(H,30,36)(H,31,37). The summed E-state index contributed by atoms with van der Waals surface area (Å²) in [5.41, 5.74) is 3.08. The number of hydrogen-bond acceptors (Lipinski definition) is 6. The molecule has 0 radical (unpaired) electrons. The number of carbonyl (C=O) groups is 3. The molecule has 1 aromatic heterocycles. The molecular formula is C29H33N5O4. The maximum absolute atomic E-state index is 12.9. The Morgan fingerprint density at radius 3 is 2.37 bits per heavy atom. The molecule has 9 heteroatoms. The average molecular weight is 516 g/mol. The van der Waals surface area contributed by atoms with Gasteiger partial charge in [-0.05, 0) is 55.3 Å². The quantitative estimate of drug-likeness (QED) is 0.423. The molecule has 0 aliphatic carbocycles. The summed E-state index contributed by atoms with van der Waals surface area (Å²) in [6.45, 7) is 5.16. The van der Waals surface area contributed by atoms with Crippen molar-refractivity contribution in [1.29, 1.82) is 0 Å². The number of piperazine rings is 1. The van der Waals surface area contributed by atoms with Gasteiger partial charge in [0.25, 0.3) is 11.8 Å². The highest BCUT2D eigenvalue weighted by atomic mass is 16.3. The number of nitrogens with zero attached hydrogens (tertiary/aromatic N) is 3. The summed E-state index contributed by atoms with van der Waals surface area (Å²) in [4.78, 5) is 43.9. The van der Waals surface area contributed by atoms with E-state index in [9.17, 15) is 14.4 Å². The first-order valence-corrected chi connectivity index (χ1v) is 13.2. The maximum atomic E-state index is 12.9. The highest BCUT2D eigenvalue weighted by Crippen LogP contribution is 2.30. The summed E-state index contributed by atoms with van der Waals surface area (Å²) in [6, 6.07) is 19.0. The van der Waals surface area contributed by atoms with E-state index >= 15 is 0 Å². The lowest BCUT2D eigenvalue weighted by Gasteiger charge is -2.38. The number of hydrogen-bond donors (Lipinski definition) is 2. The van der Waals surface area contributed by atoms with E-state index in [1.165, 1.54) is 12.0 Å². The molecule has 2 fully saturated rings. The van der Waals surface area contributed by atoms with Gasteiger partial charge in [-0.2, -0.15) is 0 Å². The minimum atomic E-state index is -0.369. The molecule has 5 rings (SSSR count). The number of anilines is 3. The molecule has 2 saturated heterocycles. The van der Waals surface area contributed by atoms with Gasteiger partial charge in [0.15, 0.2) is 5.76 Å². The van der Waals surface area contributed by atoms with E-state index in [4.69, 9.17) is 4.42 Å². The molecule has 2 aliphatic rings. The zero-order chi connectivity index (χ0) is 26.3. The number of amides is 3. The van der Waals surface area contributed by atoms with Crippen LogP contribution in [0.15, 0.2) is 71.3 Å². The Morgan fingerprint density at radius 2 is 1.66 bits per heavy atom. The molecular weight excluding hydrogens is 482 g/mol. The Hall–Kier alpha value is -4.27. The van der Waals surface area contributed by atoms with Crippen LogP contribution < -0.4 is 20.4 Å². The highest BCUT2D eigenvalue weighted by Gasteiger charge is 2.23. The SMILES string of the molecule is O=C(NCCCN1CCCC1=O)c1ccc(N2CCN(c3ccccc3)CC2)c(NC(=O)c2ccco2)c1. The van der Waals surface area contributed by atoms with Gasteiger partial charge in [-0.3, -0.25) is 14.4 Å². The molecule has 38 heavy (non-hydrogen) atoms. The van der Waals surface area contributed by atoms with Crippen LogP contribution in [-0.4, -0.2) is 68.4 Å². The topological polar surface area (TPSA) is 98.1 Å². The van der Waals surface area contributed by atoms with Crippen molar-refractivity contribution in [2.45, 2.75) is 19.3 Å². The molecule has 0 unspecified atom stereocenters. The van der Waals surface area contributed by atoms with Crippen LogP contribution in [0.3, 0.4) is 0 Å². The maximum Gasteiger partial charge on any atom is 0.291 e. The summed E-state index contributed by atoms with van der Waals surface area (Å²) in [7, 11) is 0. The van der Waals surface area contributed by atoms with Crippen molar-refractivity contribution < 1.29 is 18.8 Å². The van der Waals surface area contributed by atoms with Gasteiger partial charge in [0.2, 0.25) is 5.91 Å². The van der Waals surface area contributed by atoms with Crippen molar-refractivity contribution in [1.82, 2.24) is 10.2 Å². The van der Waals surface area contributed by atoms with Crippen LogP contribution in [0.5, 0.6) is 0 Å². The van der Waals surface area contributed by atoms with Crippen LogP contribution in [0, 0.1) is 0 Å². The zero-order valence-electron chi connectivity index (χ0n) is 21.4. The molecule has 0 spiro atoms. The molecule has 3 aromatic rings. The number of carbonyl (C=O) groups excluding carboxylic acids is 3. The van der Waals surface area contributed by atoms with E-state index in [2.05, 4.69) is 32.6 Å². The molecule has 3 heterocycles. The molecule has 9 nitrogen and oxygen atoms in total. The van der Waals surface area contributed by atoms with Crippen LogP contribution in [0.1, 0.15) is 40.2 Å². The first-order chi connectivity index (χ1) is 18.6. The van der Waals surface area contributed by atoms with Crippen LogP contribution in [0.2, 0.25) is 0 Å². The van der Waals surface area contributed by atoms with Gasteiger partial charge in [-0.15, -0.1) is 0 Å². The first kappa shape index (κ1) is 25.4. The number of rotatable bonds is 9. The predicted octanol–water partition coefficient (Wildman–Crippen LogP) is 3.60. The van der Waals surface area contributed by atoms with Crippen molar-refractivity contribution in [3.63, 3.8) is 0 Å². The third kappa shape index (κ3) is 5.99. The number of benzene rings is 2. The Bertz CT molecular complexity index is 1250. The normalized spacial score (nSPS) is 15.6. The minimum Gasteiger partial charge on any atom is -0.459 e. The average Bonchev–Trinajstić information content (AvgIpc) is 3.64. The van der Waals surface area contributed by atoms with E-state index in [1.54, 1.807) is 24.3 Å². The largest absolute Gasteiger partial charge is 0.459 e. The number of furan rings is 1. The van der Waals surface area contributed by atoms with E-state index in [0.29, 0.717) is 37.2 Å². The van der Waals surface area contributed by atoms with Crippen LogP contribution in [0.4, 0.5) is 17.1 Å². The van der Waals surface area contributed by atoms with E-state index in [1.807, 2.05) is 29.2 Å². The zero-order valence-corrected chi connectivity index (χ0v) is 21.4. The minimum absolute atomic E-state index is 0.188. The second-order valence-electron chi connectivity index (χ2n) is 9.57. The number of likely N-dealkylation sites (tertiary alicyclic amines) is 1. The summed E-state index contributed by atoms with van der Waals surface area (Å²) >= 11 is 0. The lowest BCUT2D eigenvalue weighted by Crippen LogP contribution is -2.46. The summed E-state index contributed by atoms with van der Waals surface area (Å²) in [5.74, 6) is -0.191. The van der Waals surface area contributed by atoms with Gasteiger partial charge in [-0.1, -0.05) is 18.2 Å². The second-order valence-corrected chi connectivity index (χ2v) is 9.57. The highest BCUT2D eigenvalue weighted by molar-refractivity contribution is 6.05. The first-order valence-electron chi connectivity index (χ1n) is 13.2. The van der Waals surface area contributed by atoms with Gasteiger partial charge in [0.1, 0.15) is 0 Å². The number of nitrogens with one attached hydrogen (secondary N) is 2. The van der Waals surface area contributed by atoms with Gasteiger partial charge in [-0.25, -0.2) is 0 Å². The van der Waals surface area contributed by atoms with Gasteiger partial charge < -0.3 is 29.8 Å². The molecule has 3 amide bonds. The van der Waals surface area contributed by atoms with Gasteiger partial charge in [0.05, 0.1) is 17.6 Å². The fourth-order valence-electron chi connectivity index (χ4n) is 5.00. The van der Waals surface area contributed by atoms with Gasteiger partial charge in [0, 0.05) is 63.5 Å². The third-order valence-electron chi connectivity index (χ3n) is 7.06. The van der Waals surface area contributed by atoms with E-state index < -0.39 is 0 Å². The summed E-state index contributed by atoms with van der Waals surface area (Å²) in [5, 5.41) is 5.89. The fourth-order valence-corrected chi connectivity index (χ4v) is 5.00. The Balaban J connectivity index is 1.26. The van der Waals surface area contributed by atoms with Crippen molar-refractivity contribution in [3.8, 4) is 0 Å². The Morgan fingerprint density at radius 1 is 0.868 bits per heavy atom. The lowest BCUT2D eigenvalue weighted by molar-refractivity contribution is -0.127. The van der Waals surface area contributed by atoms with Crippen molar-refractivity contribution >= 4 is 34.8 Å². The molecule has 2 aliphatic heterocycles. The number of para-hydroxylation sites is 1. The van der Waals surface area contributed by atoms with Crippen LogP contribution >= 0.6 is 0 Å². The predicted molar refractivity (Wildman–Crippen MR) is 147 cm³/mol. The van der Waals surface area contributed by atoms with Crippen LogP contribution in [-0.2, 0) is 4.79 Å². The smallest absolute Gasteiger partial charge is 0.291 e. The summed E-state index contributed by atoms with van der Waals surface area (Å²) < 4.78 is 5.27. The van der Waals surface area contributed by atoms with Crippen molar-refractivity contribution in [2.24, 2.45) is 0 Å². The monoisotopic (exact) mass is 515 g/mol. The molecule has 198 valence electrons. The van der Waals surface area contributed by atoms with E-state index in [0.717, 1.165) is 44.8 Å². The summed E-state index contributed by atoms with van der Waals surface area (Å²) in [6.07, 6.45) is 3.68. The Labute approximate surface area is 222 Å². The molecule has 0 saturated carbocycles. The van der Waals surface area contributed by atoms with Crippen LogP contribution in [0.25, 0.3) is 0 Å². The van der Waals surface area contributed by atoms with Crippen molar-refractivity contribution in [3.05, 3.63) is 78.3 Å². The molecule has 2 N–H and O–H groups in total. The van der Waals surface area contributed by atoms with Gasteiger partial charge >= 0.3 is 0 Å². The van der Waals surface area contributed by atoms with E-state index in [-0.39, 0.29) is 23.5 Å². The second kappa shape index (κ2) is 11.9. The lowest BCUT2D eigenvalue weighted by atomic mass is 10.1. The molecule has 0 bridgehead atoms. The van der Waals surface area contributed by atoms with Crippen molar-refractivity contribution in [2.75, 3.05) is 60.9 Å². The Kier molecular flexibility index (Phi) is 7.92. The fraction of sp³-hybridized carbons (Fsp3) is 0.345. The molecule has 2 aromatic carbocycles. The third-order valence-corrected chi connectivity index (χ3v) is 7.06. The molecule has 0 atom stereocenters.